The molecule has 0 bridgehead atoms. The van der Waals surface area contributed by atoms with Crippen molar-refractivity contribution >= 4 is 5.91 Å². The van der Waals surface area contributed by atoms with Crippen LogP contribution in [-0.4, -0.2) is 41.6 Å². The molecule has 1 fully saturated rings. The molecule has 0 radical (unpaired) electrons. The van der Waals surface area contributed by atoms with Crippen LogP contribution in [0.4, 0.5) is 4.39 Å². The zero-order valence-electron chi connectivity index (χ0n) is 11.7. The lowest BCUT2D eigenvalue weighted by molar-refractivity contribution is -0.132. The molecule has 110 valence electrons. The van der Waals surface area contributed by atoms with Crippen LogP contribution in [0.5, 0.6) is 0 Å². The summed E-state index contributed by atoms with van der Waals surface area (Å²) in [5, 5.41) is 13.0. The second kappa shape index (κ2) is 6.81. The summed E-state index contributed by atoms with van der Waals surface area (Å²) < 4.78 is 13.1. The molecule has 5 heteroatoms. The summed E-state index contributed by atoms with van der Waals surface area (Å²) in [7, 11) is 0. The molecule has 2 atom stereocenters. The van der Waals surface area contributed by atoms with Crippen LogP contribution < -0.4 is 5.32 Å². The number of nitrogens with one attached hydrogen (secondary N) is 1. The number of aliphatic hydroxyl groups excluding tert-OH is 1. The van der Waals surface area contributed by atoms with E-state index in [4.69, 9.17) is 0 Å². The summed E-state index contributed by atoms with van der Waals surface area (Å²) in [5.74, 6) is -0.309. The Labute approximate surface area is 118 Å². The van der Waals surface area contributed by atoms with Gasteiger partial charge in [-0.05, 0) is 37.5 Å². The van der Waals surface area contributed by atoms with Crippen molar-refractivity contribution in [2.24, 2.45) is 0 Å². The zero-order chi connectivity index (χ0) is 14.5. The first kappa shape index (κ1) is 14.9. The quantitative estimate of drug-likeness (QED) is 0.858. The second-order valence-corrected chi connectivity index (χ2v) is 5.23. The fourth-order valence-electron chi connectivity index (χ4n) is 2.42. The van der Waals surface area contributed by atoms with Gasteiger partial charge < -0.3 is 15.3 Å². The van der Waals surface area contributed by atoms with Gasteiger partial charge in [0.05, 0.1) is 12.1 Å². The third-order valence-electron chi connectivity index (χ3n) is 3.64. The van der Waals surface area contributed by atoms with E-state index in [1.54, 1.807) is 19.1 Å². The number of likely N-dealkylation sites (tertiary alicyclic amines) is 1. The topological polar surface area (TPSA) is 52.6 Å². The summed E-state index contributed by atoms with van der Waals surface area (Å²) in [6.45, 7) is 3.65. The van der Waals surface area contributed by atoms with E-state index in [1.165, 1.54) is 12.1 Å². The first-order chi connectivity index (χ1) is 9.58. The molecule has 2 rings (SSSR count). The number of carbonyl (C=O) groups is 1. The summed E-state index contributed by atoms with van der Waals surface area (Å²) in [4.78, 5) is 13.9. The molecular weight excluding hydrogens is 259 g/mol. The number of hydrogen-bond acceptors (Lipinski definition) is 3. The van der Waals surface area contributed by atoms with Crippen molar-refractivity contribution in [1.82, 2.24) is 10.2 Å². The molecular formula is C15H21FN2O2. The van der Waals surface area contributed by atoms with Gasteiger partial charge in [-0.25, -0.2) is 4.39 Å². The van der Waals surface area contributed by atoms with Crippen molar-refractivity contribution in [2.45, 2.75) is 31.9 Å². The Morgan fingerprint density at radius 3 is 2.80 bits per heavy atom. The number of benzene rings is 1. The smallest absolute Gasteiger partial charge is 0.239 e. The summed E-state index contributed by atoms with van der Waals surface area (Å²) >= 11 is 0. The molecule has 1 aliphatic rings. The van der Waals surface area contributed by atoms with E-state index < -0.39 is 6.10 Å². The normalized spacial score (nSPS) is 18.1. The van der Waals surface area contributed by atoms with Gasteiger partial charge in [0.2, 0.25) is 5.91 Å². The molecule has 0 spiro atoms. The molecule has 2 N–H and O–H groups in total. The highest BCUT2D eigenvalue weighted by Gasteiger charge is 2.23. The predicted octanol–water partition coefficient (Wildman–Crippen LogP) is 1.46. The maximum absolute atomic E-state index is 13.1. The molecule has 1 heterocycles. The standard InChI is InChI=1S/C15H21FN2O2/c1-11(15(20)18-7-2-3-8-18)17-10-14(19)12-5-4-6-13(16)9-12/h4-6,9,11,14,17,19H,2-3,7-8,10H2,1H3. The lowest BCUT2D eigenvalue weighted by atomic mass is 10.1. The van der Waals surface area contributed by atoms with E-state index in [-0.39, 0.29) is 24.3 Å². The van der Waals surface area contributed by atoms with Gasteiger partial charge in [0.25, 0.3) is 0 Å². The summed E-state index contributed by atoms with van der Waals surface area (Å²) in [6.07, 6.45) is 1.30. The van der Waals surface area contributed by atoms with E-state index in [0.717, 1.165) is 25.9 Å². The first-order valence-electron chi connectivity index (χ1n) is 7.03. The molecule has 1 aromatic carbocycles. The summed E-state index contributed by atoms with van der Waals surface area (Å²) in [6, 6.07) is 5.54. The van der Waals surface area contributed by atoms with Crippen molar-refractivity contribution in [2.75, 3.05) is 19.6 Å². The second-order valence-electron chi connectivity index (χ2n) is 5.23. The number of amides is 1. The Morgan fingerprint density at radius 2 is 2.15 bits per heavy atom. The van der Waals surface area contributed by atoms with Crippen molar-refractivity contribution in [1.29, 1.82) is 0 Å². The third-order valence-corrected chi connectivity index (χ3v) is 3.64. The molecule has 1 aromatic rings. The van der Waals surface area contributed by atoms with Crippen LogP contribution in [0.25, 0.3) is 0 Å². The van der Waals surface area contributed by atoms with E-state index in [2.05, 4.69) is 5.32 Å². The van der Waals surface area contributed by atoms with E-state index in [1.807, 2.05) is 4.90 Å². The minimum absolute atomic E-state index is 0.0638. The van der Waals surface area contributed by atoms with Gasteiger partial charge in [-0.1, -0.05) is 12.1 Å². The lowest BCUT2D eigenvalue weighted by Crippen LogP contribution is -2.44. The highest BCUT2D eigenvalue weighted by atomic mass is 19.1. The van der Waals surface area contributed by atoms with Gasteiger partial charge in [-0.15, -0.1) is 0 Å². The van der Waals surface area contributed by atoms with Crippen molar-refractivity contribution in [3.63, 3.8) is 0 Å². The Kier molecular flexibility index (Phi) is 5.09. The number of hydrogen-bond donors (Lipinski definition) is 2. The van der Waals surface area contributed by atoms with Crippen LogP contribution in [0.3, 0.4) is 0 Å². The zero-order valence-corrected chi connectivity index (χ0v) is 11.7. The number of halogens is 1. The van der Waals surface area contributed by atoms with Crippen LogP contribution in [0, 0.1) is 5.82 Å². The monoisotopic (exact) mass is 280 g/mol. The van der Waals surface area contributed by atoms with Gasteiger partial charge in [0.1, 0.15) is 5.82 Å². The molecule has 0 saturated carbocycles. The van der Waals surface area contributed by atoms with Gasteiger partial charge >= 0.3 is 0 Å². The molecule has 0 aromatic heterocycles. The third kappa shape index (κ3) is 3.77. The average molecular weight is 280 g/mol. The largest absolute Gasteiger partial charge is 0.387 e. The Balaban J connectivity index is 1.83. The molecule has 1 aliphatic heterocycles. The van der Waals surface area contributed by atoms with Gasteiger partial charge in [0.15, 0.2) is 0 Å². The number of carbonyl (C=O) groups excluding carboxylic acids is 1. The highest BCUT2D eigenvalue weighted by Crippen LogP contribution is 2.14. The number of aliphatic hydroxyl groups is 1. The molecule has 1 saturated heterocycles. The molecule has 4 nitrogen and oxygen atoms in total. The maximum atomic E-state index is 13.1. The molecule has 20 heavy (non-hydrogen) atoms. The van der Waals surface area contributed by atoms with Crippen LogP contribution in [-0.2, 0) is 4.79 Å². The fraction of sp³-hybridized carbons (Fsp3) is 0.533. The minimum atomic E-state index is -0.820. The highest BCUT2D eigenvalue weighted by molar-refractivity contribution is 5.81. The van der Waals surface area contributed by atoms with Gasteiger partial charge in [-0.2, -0.15) is 0 Å². The predicted molar refractivity (Wildman–Crippen MR) is 74.6 cm³/mol. The van der Waals surface area contributed by atoms with Crippen molar-refractivity contribution in [3.8, 4) is 0 Å². The lowest BCUT2D eigenvalue weighted by Gasteiger charge is -2.22. The number of rotatable bonds is 5. The molecule has 1 amide bonds. The fourth-order valence-corrected chi connectivity index (χ4v) is 2.42. The molecule has 0 aliphatic carbocycles. The van der Waals surface area contributed by atoms with Gasteiger partial charge in [0, 0.05) is 19.6 Å². The van der Waals surface area contributed by atoms with E-state index >= 15 is 0 Å². The van der Waals surface area contributed by atoms with E-state index in [0.29, 0.717) is 5.56 Å². The average Bonchev–Trinajstić information content (AvgIpc) is 2.97. The van der Waals surface area contributed by atoms with Crippen molar-refractivity contribution < 1.29 is 14.3 Å². The SMILES string of the molecule is CC(NCC(O)c1cccc(F)c1)C(=O)N1CCCC1. The van der Waals surface area contributed by atoms with Crippen LogP contribution >= 0.6 is 0 Å². The number of nitrogens with zero attached hydrogens (tertiary/aromatic N) is 1. The Morgan fingerprint density at radius 1 is 1.45 bits per heavy atom. The summed E-state index contributed by atoms with van der Waals surface area (Å²) in [5.41, 5.74) is 0.512. The van der Waals surface area contributed by atoms with Crippen LogP contribution in [0.15, 0.2) is 24.3 Å². The van der Waals surface area contributed by atoms with Crippen LogP contribution in [0.2, 0.25) is 0 Å². The first-order valence-corrected chi connectivity index (χ1v) is 7.03. The van der Waals surface area contributed by atoms with Crippen LogP contribution in [0.1, 0.15) is 31.4 Å². The van der Waals surface area contributed by atoms with E-state index in [9.17, 15) is 14.3 Å². The minimum Gasteiger partial charge on any atom is -0.387 e. The Hall–Kier alpha value is -1.46. The maximum Gasteiger partial charge on any atom is 0.239 e. The molecule has 2 unspecified atom stereocenters. The Bertz CT molecular complexity index is 461. The van der Waals surface area contributed by atoms with Gasteiger partial charge in [-0.3, -0.25) is 4.79 Å². The van der Waals surface area contributed by atoms with Crippen molar-refractivity contribution in [3.05, 3.63) is 35.6 Å².